The summed E-state index contributed by atoms with van der Waals surface area (Å²) in [5, 5.41) is 18.3. The van der Waals surface area contributed by atoms with E-state index in [2.05, 4.69) is 15.0 Å². The Hall–Kier alpha value is -3.36. The van der Waals surface area contributed by atoms with Crippen LogP contribution in [-0.2, 0) is 16.1 Å². The zero-order valence-electron chi connectivity index (χ0n) is 20.5. The lowest BCUT2D eigenvalue weighted by Gasteiger charge is -2.51. The van der Waals surface area contributed by atoms with Crippen molar-refractivity contribution in [2.24, 2.45) is 5.41 Å². The van der Waals surface area contributed by atoms with Crippen LogP contribution in [0.3, 0.4) is 0 Å². The van der Waals surface area contributed by atoms with E-state index in [0.717, 1.165) is 36.8 Å². The number of likely N-dealkylation sites (tertiary alicyclic amines) is 1. The summed E-state index contributed by atoms with van der Waals surface area (Å²) in [6.45, 7) is 7.32. The van der Waals surface area contributed by atoms with Crippen molar-refractivity contribution < 1.29 is 55.4 Å². The Balaban J connectivity index is 0.000000301. The van der Waals surface area contributed by atoms with Gasteiger partial charge in [-0.1, -0.05) is 5.16 Å². The average Bonchev–Trinajstić information content (AvgIpc) is 3.11. The molecule has 0 atom stereocenters. The molecule has 1 spiro atoms. The molecule has 0 amide bonds. The number of carboxylic acids is 2. The standard InChI is InChI=1S/C19H25N3O2.2C2HF3O2/c1-14-18(15(2)24-21-14)13-22-8-5-19(6-9-22)10-17(11-19)23-16-4-3-7-20-12-16;2*3-2(4,5)1(6)7/h3-4,7,12,17H,5-6,8-11,13H2,1-2H3;2*(H,6,7). The lowest BCUT2D eigenvalue weighted by Crippen LogP contribution is -2.50. The van der Waals surface area contributed by atoms with Crippen LogP contribution < -0.4 is 4.74 Å². The van der Waals surface area contributed by atoms with Crippen LogP contribution in [0.15, 0.2) is 29.0 Å². The van der Waals surface area contributed by atoms with Gasteiger partial charge in [-0.3, -0.25) is 9.88 Å². The quantitative estimate of drug-likeness (QED) is 0.513. The Morgan fingerprint density at radius 3 is 2.00 bits per heavy atom. The molecule has 15 heteroatoms. The van der Waals surface area contributed by atoms with Gasteiger partial charge in [0.25, 0.3) is 0 Å². The van der Waals surface area contributed by atoms with Gasteiger partial charge in [0.05, 0.1) is 18.0 Å². The third kappa shape index (κ3) is 9.19. The summed E-state index contributed by atoms with van der Waals surface area (Å²) in [7, 11) is 0. The number of nitrogens with zero attached hydrogens (tertiary/aromatic N) is 3. The van der Waals surface area contributed by atoms with Gasteiger partial charge < -0.3 is 19.5 Å². The molecular formula is C23H27F6N3O6. The van der Waals surface area contributed by atoms with Crippen LogP contribution in [0, 0.1) is 19.3 Å². The number of aryl methyl sites for hydroxylation is 2. The third-order valence-corrected chi connectivity index (χ3v) is 6.22. The molecule has 0 aromatic carbocycles. The zero-order chi connectivity index (χ0) is 28.7. The molecule has 1 aliphatic heterocycles. The van der Waals surface area contributed by atoms with Gasteiger partial charge in [0.2, 0.25) is 0 Å². The molecule has 4 rings (SSSR count). The van der Waals surface area contributed by atoms with Crippen molar-refractivity contribution in [2.75, 3.05) is 13.1 Å². The van der Waals surface area contributed by atoms with Gasteiger partial charge in [-0.25, -0.2) is 9.59 Å². The van der Waals surface area contributed by atoms with E-state index in [0.29, 0.717) is 11.5 Å². The number of piperidine rings is 1. The molecule has 212 valence electrons. The van der Waals surface area contributed by atoms with Gasteiger partial charge in [0, 0.05) is 18.3 Å². The van der Waals surface area contributed by atoms with Crippen LogP contribution >= 0.6 is 0 Å². The Morgan fingerprint density at radius 1 is 1.08 bits per heavy atom. The van der Waals surface area contributed by atoms with Crippen LogP contribution in [0.5, 0.6) is 5.75 Å². The first-order valence-electron chi connectivity index (χ1n) is 11.3. The van der Waals surface area contributed by atoms with Crippen LogP contribution in [0.25, 0.3) is 0 Å². The predicted octanol–water partition coefficient (Wildman–Crippen LogP) is 4.78. The molecule has 1 saturated heterocycles. The number of rotatable bonds is 4. The number of halogens is 6. The first-order valence-corrected chi connectivity index (χ1v) is 11.3. The molecule has 2 N–H and O–H groups in total. The predicted molar refractivity (Wildman–Crippen MR) is 118 cm³/mol. The molecule has 0 unspecified atom stereocenters. The average molecular weight is 555 g/mol. The van der Waals surface area contributed by atoms with E-state index < -0.39 is 24.3 Å². The first kappa shape index (κ1) is 30.9. The van der Waals surface area contributed by atoms with Crippen LogP contribution in [0.2, 0.25) is 0 Å². The maximum absolute atomic E-state index is 10.6. The largest absolute Gasteiger partial charge is 0.490 e. The van der Waals surface area contributed by atoms with E-state index in [4.69, 9.17) is 29.1 Å². The highest BCUT2D eigenvalue weighted by atomic mass is 19.4. The number of aliphatic carboxylic acids is 2. The molecule has 2 aromatic rings. The summed E-state index contributed by atoms with van der Waals surface area (Å²) in [6.07, 6.45) is -1.32. The van der Waals surface area contributed by atoms with E-state index >= 15 is 0 Å². The Kier molecular flexibility index (Phi) is 10.1. The van der Waals surface area contributed by atoms with E-state index in [1.165, 1.54) is 31.2 Å². The van der Waals surface area contributed by atoms with Crippen molar-refractivity contribution in [1.82, 2.24) is 15.0 Å². The number of aromatic nitrogens is 2. The number of pyridine rings is 1. The van der Waals surface area contributed by atoms with Crippen LogP contribution in [-0.4, -0.2) is 68.7 Å². The highest BCUT2D eigenvalue weighted by Crippen LogP contribution is 2.50. The molecule has 38 heavy (non-hydrogen) atoms. The summed E-state index contributed by atoms with van der Waals surface area (Å²) in [4.78, 5) is 24.4. The van der Waals surface area contributed by atoms with E-state index in [1.807, 2.05) is 26.0 Å². The number of hydrogen-bond donors (Lipinski definition) is 2. The Labute approximate surface area is 213 Å². The molecule has 2 aromatic heterocycles. The Bertz CT molecular complexity index is 1010. The minimum absolute atomic E-state index is 0.364. The molecule has 0 bridgehead atoms. The van der Waals surface area contributed by atoms with Gasteiger partial charge in [-0.15, -0.1) is 0 Å². The summed E-state index contributed by atoms with van der Waals surface area (Å²) in [6, 6.07) is 3.92. The van der Waals surface area contributed by atoms with Gasteiger partial charge in [-0.05, 0) is 70.2 Å². The minimum atomic E-state index is -5.08. The Morgan fingerprint density at radius 2 is 1.61 bits per heavy atom. The van der Waals surface area contributed by atoms with Crippen molar-refractivity contribution in [3.8, 4) is 5.75 Å². The minimum Gasteiger partial charge on any atom is -0.489 e. The van der Waals surface area contributed by atoms with E-state index in [1.54, 1.807) is 12.4 Å². The lowest BCUT2D eigenvalue weighted by molar-refractivity contribution is -0.193. The maximum atomic E-state index is 10.6. The number of alkyl halides is 6. The van der Waals surface area contributed by atoms with Crippen molar-refractivity contribution in [1.29, 1.82) is 0 Å². The third-order valence-electron chi connectivity index (χ3n) is 6.22. The van der Waals surface area contributed by atoms with Crippen molar-refractivity contribution in [3.63, 3.8) is 0 Å². The van der Waals surface area contributed by atoms with Crippen LogP contribution in [0.1, 0.15) is 42.7 Å². The number of ether oxygens (including phenoxy) is 1. The summed E-state index contributed by atoms with van der Waals surface area (Å²) >= 11 is 0. The summed E-state index contributed by atoms with van der Waals surface area (Å²) in [5.41, 5.74) is 2.79. The van der Waals surface area contributed by atoms with Gasteiger partial charge in [-0.2, -0.15) is 26.3 Å². The highest BCUT2D eigenvalue weighted by Gasteiger charge is 2.47. The molecule has 9 nitrogen and oxygen atoms in total. The molecule has 3 heterocycles. The van der Waals surface area contributed by atoms with Crippen LogP contribution in [0.4, 0.5) is 26.3 Å². The number of hydrogen-bond acceptors (Lipinski definition) is 7. The first-order chi connectivity index (χ1) is 17.5. The number of carbonyl (C=O) groups is 2. The molecule has 2 aliphatic rings. The zero-order valence-corrected chi connectivity index (χ0v) is 20.5. The monoisotopic (exact) mass is 555 g/mol. The van der Waals surface area contributed by atoms with Crippen molar-refractivity contribution >= 4 is 11.9 Å². The topological polar surface area (TPSA) is 126 Å². The fourth-order valence-electron chi connectivity index (χ4n) is 4.14. The number of carboxylic acid groups (broad SMARTS) is 2. The van der Waals surface area contributed by atoms with Gasteiger partial charge in [0.15, 0.2) is 0 Å². The SMILES string of the molecule is Cc1noc(C)c1CN1CCC2(CC1)CC(Oc1cccnc1)C2.O=C(O)C(F)(F)F.O=C(O)C(F)(F)F. The molecule has 1 aliphatic carbocycles. The maximum Gasteiger partial charge on any atom is 0.490 e. The summed E-state index contributed by atoms with van der Waals surface area (Å²) < 4.78 is 74.8. The second kappa shape index (κ2) is 12.5. The van der Waals surface area contributed by atoms with Gasteiger partial charge >= 0.3 is 24.3 Å². The normalized spacial score (nSPS) is 17.4. The second-order valence-corrected chi connectivity index (χ2v) is 9.02. The second-order valence-electron chi connectivity index (χ2n) is 9.02. The molecule has 2 fully saturated rings. The molecular weight excluding hydrogens is 528 g/mol. The van der Waals surface area contributed by atoms with Crippen molar-refractivity contribution in [3.05, 3.63) is 41.5 Å². The fourth-order valence-corrected chi connectivity index (χ4v) is 4.14. The fraction of sp³-hybridized carbons (Fsp3) is 0.565. The van der Waals surface area contributed by atoms with Crippen molar-refractivity contribution in [2.45, 2.75) is 64.5 Å². The van der Waals surface area contributed by atoms with E-state index in [-0.39, 0.29) is 0 Å². The van der Waals surface area contributed by atoms with Gasteiger partial charge in [0.1, 0.15) is 11.5 Å². The lowest BCUT2D eigenvalue weighted by atomic mass is 9.61. The van der Waals surface area contributed by atoms with E-state index in [9.17, 15) is 26.3 Å². The molecule has 1 saturated carbocycles. The molecule has 0 radical (unpaired) electrons. The summed E-state index contributed by atoms with van der Waals surface area (Å²) in [5.74, 6) is -3.66. The smallest absolute Gasteiger partial charge is 0.489 e. The highest BCUT2D eigenvalue weighted by molar-refractivity contribution is 5.73.